The van der Waals surface area contributed by atoms with Gasteiger partial charge in [-0.05, 0) is 6.92 Å². The Morgan fingerprint density at radius 1 is 1.62 bits per heavy atom. The van der Waals surface area contributed by atoms with Gasteiger partial charge >= 0.3 is 0 Å². The molecule has 0 aromatic carbocycles. The highest BCUT2D eigenvalue weighted by molar-refractivity contribution is 7.09. The molecule has 0 aliphatic carbocycles. The fraction of sp³-hybridized carbons (Fsp3) is 0.300. The number of rotatable bonds is 3. The van der Waals surface area contributed by atoms with Gasteiger partial charge in [-0.25, -0.2) is 4.98 Å². The molecule has 0 aliphatic heterocycles. The fourth-order valence-electron chi connectivity index (χ4n) is 1.30. The summed E-state index contributed by atoms with van der Waals surface area (Å²) < 4.78 is 1.70. The van der Waals surface area contributed by atoms with Crippen molar-refractivity contribution in [3.63, 3.8) is 0 Å². The first kappa shape index (κ1) is 10.8. The van der Waals surface area contributed by atoms with E-state index in [0.717, 1.165) is 10.6 Å². The Hall–Kier alpha value is -1.69. The third kappa shape index (κ3) is 2.46. The molecule has 2 aromatic heterocycles. The first-order valence-electron chi connectivity index (χ1n) is 4.83. The molecule has 0 bridgehead atoms. The highest BCUT2D eigenvalue weighted by Crippen LogP contribution is 2.07. The minimum atomic E-state index is -0.145. The van der Waals surface area contributed by atoms with Crippen molar-refractivity contribution in [2.75, 3.05) is 0 Å². The highest BCUT2D eigenvalue weighted by Gasteiger charge is 2.08. The SMILES string of the molecule is Cc1nc(C(=O)NCc2cnn(C)c2)cs1. The maximum Gasteiger partial charge on any atom is 0.271 e. The van der Waals surface area contributed by atoms with E-state index in [4.69, 9.17) is 0 Å². The molecule has 0 spiro atoms. The fourth-order valence-corrected chi connectivity index (χ4v) is 1.90. The van der Waals surface area contributed by atoms with E-state index in [9.17, 15) is 4.79 Å². The number of amides is 1. The number of hydrogen-bond donors (Lipinski definition) is 1. The molecule has 84 valence electrons. The maximum absolute atomic E-state index is 11.6. The maximum atomic E-state index is 11.6. The zero-order valence-corrected chi connectivity index (χ0v) is 9.91. The number of hydrogen-bond acceptors (Lipinski definition) is 4. The summed E-state index contributed by atoms with van der Waals surface area (Å²) in [6, 6.07) is 0. The molecule has 5 nitrogen and oxygen atoms in total. The number of carbonyl (C=O) groups excluding carboxylic acids is 1. The number of aromatic nitrogens is 3. The van der Waals surface area contributed by atoms with Gasteiger partial charge in [0.25, 0.3) is 5.91 Å². The average molecular weight is 236 g/mol. The third-order valence-electron chi connectivity index (χ3n) is 2.06. The second-order valence-electron chi connectivity index (χ2n) is 3.46. The molecule has 2 aromatic rings. The van der Waals surface area contributed by atoms with Crippen LogP contribution in [0.2, 0.25) is 0 Å². The summed E-state index contributed by atoms with van der Waals surface area (Å²) in [6.45, 7) is 2.35. The molecular weight excluding hydrogens is 224 g/mol. The zero-order chi connectivity index (χ0) is 11.5. The number of nitrogens with zero attached hydrogens (tertiary/aromatic N) is 3. The first-order chi connectivity index (χ1) is 7.65. The lowest BCUT2D eigenvalue weighted by Crippen LogP contribution is -2.22. The third-order valence-corrected chi connectivity index (χ3v) is 2.84. The van der Waals surface area contributed by atoms with Gasteiger partial charge in [-0.3, -0.25) is 9.48 Å². The summed E-state index contributed by atoms with van der Waals surface area (Å²) in [5.74, 6) is -0.145. The van der Waals surface area contributed by atoms with E-state index in [1.165, 1.54) is 11.3 Å². The Morgan fingerprint density at radius 2 is 2.44 bits per heavy atom. The van der Waals surface area contributed by atoms with Crippen LogP contribution in [0.4, 0.5) is 0 Å². The van der Waals surface area contributed by atoms with E-state index in [1.54, 1.807) is 16.3 Å². The lowest BCUT2D eigenvalue weighted by Gasteiger charge is -1.99. The molecule has 1 amide bonds. The molecule has 0 saturated heterocycles. The predicted octanol–water partition coefficient (Wildman–Crippen LogP) is 1.12. The van der Waals surface area contributed by atoms with Crippen molar-refractivity contribution >= 4 is 17.2 Å². The van der Waals surface area contributed by atoms with Gasteiger partial charge in [-0.2, -0.15) is 5.10 Å². The highest BCUT2D eigenvalue weighted by atomic mass is 32.1. The largest absolute Gasteiger partial charge is 0.346 e. The van der Waals surface area contributed by atoms with Gasteiger partial charge in [-0.1, -0.05) is 0 Å². The van der Waals surface area contributed by atoms with Crippen LogP contribution in [0.1, 0.15) is 21.1 Å². The van der Waals surface area contributed by atoms with E-state index >= 15 is 0 Å². The lowest BCUT2D eigenvalue weighted by atomic mass is 10.3. The van der Waals surface area contributed by atoms with E-state index in [0.29, 0.717) is 12.2 Å². The van der Waals surface area contributed by atoms with Gasteiger partial charge in [0.2, 0.25) is 0 Å². The van der Waals surface area contributed by atoms with Gasteiger partial charge < -0.3 is 5.32 Å². The standard InChI is InChI=1S/C10H12N4OS/c1-7-13-9(6-16-7)10(15)11-3-8-4-12-14(2)5-8/h4-6H,3H2,1-2H3,(H,11,15). The molecular formula is C10H12N4OS. The summed E-state index contributed by atoms with van der Waals surface area (Å²) in [6.07, 6.45) is 3.60. The molecule has 0 aliphatic rings. The van der Waals surface area contributed by atoms with Crippen molar-refractivity contribution < 1.29 is 4.79 Å². The monoisotopic (exact) mass is 236 g/mol. The van der Waals surface area contributed by atoms with Crippen LogP contribution in [0.5, 0.6) is 0 Å². The molecule has 0 atom stereocenters. The molecule has 16 heavy (non-hydrogen) atoms. The second-order valence-corrected chi connectivity index (χ2v) is 4.52. The van der Waals surface area contributed by atoms with Crippen molar-refractivity contribution in [3.8, 4) is 0 Å². The Bertz CT molecular complexity index is 502. The van der Waals surface area contributed by atoms with Crippen LogP contribution in [0.15, 0.2) is 17.8 Å². The number of carbonyl (C=O) groups is 1. The quantitative estimate of drug-likeness (QED) is 0.868. The van der Waals surface area contributed by atoms with E-state index in [1.807, 2.05) is 20.2 Å². The number of aryl methyl sites for hydroxylation is 2. The van der Waals surface area contributed by atoms with Crippen molar-refractivity contribution in [1.82, 2.24) is 20.1 Å². The average Bonchev–Trinajstić information content (AvgIpc) is 2.84. The molecule has 0 radical (unpaired) electrons. The van der Waals surface area contributed by atoms with Crippen molar-refractivity contribution in [3.05, 3.63) is 34.0 Å². The zero-order valence-electron chi connectivity index (χ0n) is 9.10. The Balaban J connectivity index is 1.93. The van der Waals surface area contributed by atoms with Crippen LogP contribution in [0.3, 0.4) is 0 Å². The Morgan fingerprint density at radius 3 is 3.00 bits per heavy atom. The summed E-state index contributed by atoms with van der Waals surface area (Å²) >= 11 is 1.47. The smallest absolute Gasteiger partial charge is 0.271 e. The van der Waals surface area contributed by atoms with Gasteiger partial charge in [0, 0.05) is 30.7 Å². The molecule has 1 N–H and O–H groups in total. The van der Waals surface area contributed by atoms with Gasteiger partial charge in [0.05, 0.1) is 11.2 Å². The summed E-state index contributed by atoms with van der Waals surface area (Å²) in [4.78, 5) is 15.8. The number of nitrogens with one attached hydrogen (secondary N) is 1. The van der Waals surface area contributed by atoms with E-state index in [-0.39, 0.29) is 5.91 Å². The van der Waals surface area contributed by atoms with Gasteiger partial charge in [0.1, 0.15) is 5.69 Å². The number of thiazole rings is 1. The molecule has 0 saturated carbocycles. The van der Waals surface area contributed by atoms with Crippen molar-refractivity contribution in [2.45, 2.75) is 13.5 Å². The lowest BCUT2D eigenvalue weighted by molar-refractivity contribution is 0.0946. The van der Waals surface area contributed by atoms with Crippen LogP contribution in [0, 0.1) is 6.92 Å². The normalized spacial score (nSPS) is 10.4. The minimum Gasteiger partial charge on any atom is -0.346 e. The molecule has 2 rings (SSSR count). The van der Waals surface area contributed by atoms with Crippen molar-refractivity contribution in [2.24, 2.45) is 7.05 Å². The van der Waals surface area contributed by atoms with Crippen LogP contribution in [-0.2, 0) is 13.6 Å². The van der Waals surface area contributed by atoms with Gasteiger partial charge in [0.15, 0.2) is 0 Å². The predicted molar refractivity (Wildman–Crippen MR) is 61.2 cm³/mol. The summed E-state index contributed by atoms with van der Waals surface area (Å²) in [7, 11) is 1.84. The molecule has 2 heterocycles. The van der Waals surface area contributed by atoms with E-state index < -0.39 is 0 Å². The molecule has 6 heteroatoms. The molecule has 0 fully saturated rings. The topological polar surface area (TPSA) is 59.8 Å². The van der Waals surface area contributed by atoms with Gasteiger partial charge in [-0.15, -0.1) is 11.3 Å². The minimum absolute atomic E-state index is 0.145. The van der Waals surface area contributed by atoms with Crippen molar-refractivity contribution in [1.29, 1.82) is 0 Å². The molecule has 0 unspecified atom stereocenters. The van der Waals surface area contributed by atoms with Crippen LogP contribution < -0.4 is 5.32 Å². The first-order valence-corrected chi connectivity index (χ1v) is 5.71. The second kappa shape index (κ2) is 4.44. The Labute approximate surface area is 97.1 Å². The van der Waals surface area contributed by atoms with E-state index in [2.05, 4.69) is 15.4 Å². The summed E-state index contributed by atoms with van der Waals surface area (Å²) in [5, 5.41) is 9.47. The van der Waals surface area contributed by atoms with Crippen LogP contribution in [-0.4, -0.2) is 20.7 Å². The Kier molecular flexibility index (Phi) is 3.00. The van der Waals surface area contributed by atoms with Crippen LogP contribution in [0.25, 0.3) is 0 Å². The van der Waals surface area contributed by atoms with Crippen LogP contribution >= 0.6 is 11.3 Å². The summed E-state index contributed by atoms with van der Waals surface area (Å²) in [5.41, 5.74) is 1.45.